The van der Waals surface area contributed by atoms with Crippen LogP contribution in [0.5, 0.6) is 0 Å². The Balaban J connectivity index is 2.02. The molecule has 2 aliphatic rings. The second-order valence-corrected chi connectivity index (χ2v) is 5.82. The highest BCUT2D eigenvalue weighted by atomic mass is 32.2. The number of ether oxygens (including phenoxy) is 1. The van der Waals surface area contributed by atoms with E-state index in [2.05, 4.69) is 23.7 Å². The van der Waals surface area contributed by atoms with Gasteiger partial charge in [0.05, 0.1) is 0 Å². The maximum absolute atomic E-state index is 6.00. The molecule has 0 aliphatic carbocycles. The molecule has 1 unspecified atom stereocenters. The monoisotopic (exact) mass is 230 g/mol. The van der Waals surface area contributed by atoms with Gasteiger partial charge in [0.2, 0.25) is 0 Å². The molecule has 2 aliphatic heterocycles. The third kappa shape index (κ3) is 2.33. The third-order valence-electron chi connectivity index (χ3n) is 4.01. The number of hydrogen-bond acceptors (Lipinski definition) is 4. The van der Waals surface area contributed by atoms with Gasteiger partial charge in [-0.15, -0.1) is 0 Å². The first kappa shape index (κ1) is 11.7. The van der Waals surface area contributed by atoms with Crippen LogP contribution >= 0.6 is 11.8 Å². The molecule has 0 aromatic carbocycles. The molecule has 15 heavy (non-hydrogen) atoms. The van der Waals surface area contributed by atoms with Crippen LogP contribution in [-0.2, 0) is 4.74 Å². The summed E-state index contributed by atoms with van der Waals surface area (Å²) in [6, 6.07) is 0.733. The van der Waals surface area contributed by atoms with Crippen molar-refractivity contribution in [3.63, 3.8) is 0 Å². The number of nitrogens with zero attached hydrogens (tertiary/aromatic N) is 1. The van der Waals surface area contributed by atoms with Crippen LogP contribution in [0.3, 0.4) is 0 Å². The molecule has 0 radical (unpaired) electrons. The Morgan fingerprint density at radius 2 is 2.20 bits per heavy atom. The van der Waals surface area contributed by atoms with Crippen LogP contribution in [0.2, 0.25) is 0 Å². The number of hydrogen-bond donors (Lipinski definition) is 1. The van der Waals surface area contributed by atoms with Crippen LogP contribution in [0.25, 0.3) is 0 Å². The lowest BCUT2D eigenvalue weighted by Crippen LogP contribution is -2.58. The summed E-state index contributed by atoms with van der Waals surface area (Å²) in [4.78, 5) is 2.55. The molecule has 0 amide bonds. The molecule has 4 heteroatoms. The summed E-state index contributed by atoms with van der Waals surface area (Å²) in [7, 11) is 2.26. The summed E-state index contributed by atoms with van der Waals surface area (Å²) in [5.74, 6) is 2.59. The molecule has 2 fully saturated rings. The van der Waals surface area contributed by atoms with Gasteiger partial charge in [-0.05, 0) is 32.1 Å². The molecule has 3 nitrogen and oxygen atoms in total. The van der Waals surface area contributed by atoms with E-state index < -0.39 is 0 Å². The van der Waals surface area contributed by atoms with Gasteiger partial charge in [0.25, 0.3) is 0 Å². The molecular weight excluding hydrogens is 208 g/mol. The Hall–Kier alpha value is 0.230. The highest BCUT2D eigenvalue weighted by Crippen LogP contribution is 2.32. The van der Waals surface area contributed by atoms with E-state index in [0.29, 0.717) is 0 Å². The van der Waals surface area contributed by atoms with Gasteiger partial charge in [0.1, 0.15) is 0 Å². The fourth-order valence-corrected chi connectivity index (χ4v) is 3.93. The second kappa shape index (κ2) is 5.04. The third-order valence-corrected chi connectivity index (χ3v) is 5.15. The van der Waals surface area contributed by atoms with Gasteiger partial charge < -0.3 is 10.5 Å². The Morgan fingerprint density at radius 3 is 2.73 bits per heavy atom. The minimum absolute atomic E-state index is 0.216. The highest BCUT2D eigenvalue weighted by Gasteiger charge is 2.39. The van der Waals surface area contributed by atoms with Crippen molar-refractivity contribution in [3.05, 3.63) is 0 Å². The summed E-state index contributed by atoms with van der Waals surface area (Å²) in [5.41, 5.74) is 6.22. The highest BCUT2D eigenvalue weighted by molar-refractivity contribution is 7.99. The zero-order valence-electron chi connectivity index (χ0n) is 9.58. The first-order valence-corrected chi connectivity index (χ1v) is 7.02. The van der Waals surface area contributed by atoms with Gasteiger partial charge in [-0.1, -0.05) is 0 Å². The average molecular weight is 230 g/mol. The number of nitrogens with two attached hydrogens (primary N) is 1. The summed E-state index contributed by atoms with van der Waals surface area (Å²) in [6.45, 7) is 2.52. The van der Waals surface area contributed by atoms with E-state index in [-0.39, 0.29) is 5.54 Å². The van der Waals surface area contributed by atoms with Crippen molar-refractivity contribution in [1.82, 2.24) is 4.90 Å². The predicted molar refractivity (Wildman–Crippen MR) is 65.3 cm³/mol. The van der Waals surface area contributed by atoms with Gasteiger partial charge in [-0.25, -0.2) is 0 Å². The first-order chi connectivity index (χ1) is 7.28. The van der Waals surface area contributed by atoms with Crippen molar-refractivity contribution in [2.75, 3.05) is 38.3 Å². The van der Waals surface area contributed by atoms with Gasteiger partial charge in [0.15, 0.2) is 0 Å². The lowest BCUT2D eigenvalue weighted by Gasteiger charge is -2.46. The number of thioether (sulfide) groups is 1. The molecule has 0 aromatic rings. The van der Waals surface area contributed by atoms with Crippen molar-refractivity contribution in [3.8, 4) is 0 Å². The summed E-state index contributed by atoms with van der Waals surface area (Å²) in [5, 5.41) is 0. The molecule has 0 aromatic heterocycles. The minimum Gasteiger partial charge on any atom is -0.381 e. The summed E-state index contributed by atoms with van der Waals surface area (Å²) < 4.78 is 5.45. The maximum Gasteiger partial charge on any atom is 0.0484 e. The molecule has 0 spiro atoms. The second-order valence-electron chi connectivity index (χ2n) is 4.67. The lowest BCUT2D eigenvalue weighted by molar-refractivity contribution is -0.0263. The maximum atomic E-state index is 6.00. The summed E-state index contributed by atoms with van der Waals surface area (Å²) in [6.07, 6.45) is 3.52. The van der Waals surface area contributed by atoms with Crippen molar-refractivity contribution in [2.24, 2.45) is 5.73 Å². The average Bonchev–Trinajstić information content (AvgIpc) is 2.82. The summed E-state index contributed by atoms with van der Waals surface area (Å²) >= 11 is 2.07. The molecule has 1 atom stereocenters. The molecule has 0 saturated carbocycles. The van der Waals surface area contributed by atoms with E-state index >= 15 is 0 Å². The Morgan fingerprint density at radius 1 is 1.47 bits per heavy atom. The van der Waals surface area contributed by atoms with E-state index in [0.717, 1.165) is 38.6 Å². The van der Waals surface area contributed by atoms with Crippen LogP contribution in [-0.4, -0.2) is 54.8 Å². The molecule has 2 N–H and O–H groups in total. The van der Waals surface area contributed by atoms with Crippen molar-refractivity contribution in [1.29, 1.82) is 0 Å². The van der Waals surface area contributed by atoms with Gasteiger partial charge in [-0.3, -0.25) is 4.90 Å². The van der Waals surface area contributed by atoms with Gasteiger partial charge in [0, 0.05) is 37.1 Å². The Bertz CT molecular complexity index is 201. The van der Waals surface area contributed by atoms with Crippen molar-refractivity contribution < 1.29 is 4.74 Å². The van der Waals surface area contributed by atoms with Crippen LogP contribution in [0, 0.1) is 0 Å². The molecular formula is C11H22N2OS. The normalized spacial score (nSPS) is 31.0. The standard InChI is InChI=1S/C11H22N2OS/c1-13(10-2-7-15-8-10)11(9-12)3-5-14-6-4-11/h10H,2-9,12H2,1H3. The number of likely N-dealkylation sites (N-methyl/N-ethyl adjacent to an activating group) is 1. The van der Waals surface area contributed by atoms with Crippen molar-refractivity contribution in [2.45, 2.75) is 30.8 Å². The minimum atomic E-state index is 0.216. The van der Waals surface area contributed by atoms with Gasteiger partial charge >= 0.3 is 0 Å². The van der Waals surface area contributed by atoms with E-state index in [1.807, 2.05) is 0 Å². The first-order valence-electron chi connectivity index (χ1n) is 5.87. The quantitative estimate of drug-likeness (QED) is 0.783. The van der Waals surface area contributed by atoms with Crippen LogP contribution in [0.4, 0.5) is 0 Å². The van der Waals surface area contributed by atoms with E-state index in [9.17, 15) is 0 Å². The SMILES string of the molecule is CN(C1CCSC1)C1(CN)CCOCC1. The number of rotatable bonds is 3. The topological polar surface area (TPSA) is 38.5 Å². The van der Waals surface area contributed by atoms with Gasteiger partial charge in [-0.2, -0.15) is 11.8 Å². The van der Waals surface area contributed by atoms with Crippen molar-refractivity contribution >= 4 is 11.8 Å². The van der Waals surface area contributed by atoms with E-state index in [1.54, 1.807) is 0 Å². The zero-order valence-corrected chi connectivity index (χ0v) is 10.4. The molecule has 88 valence electrons. The fraction of sp³-hybridized carbons (Fsp3) is 1.00. The van der Waals surface area contributed by atoms with Crippen LogP contribution in [0.1, 0.15) is 19.3 Å². The molecule has 2 saturated heterocycles. The molecule has 0 bridgehead atoms. The Kier molecular flexibility index (Phi) is 3.93. The van der Waals surface area contributed by atoms with Crippen LogP contribution in [0.15, 0.2) is 0 Å². The predicted octanol–water partition coefficient (Wildman–Crippen LogP) is 0.932. The lowest BCUT2D eigenvalue weighted by atomic mass is 9.87. The van der Waals surface area contributed by atoms with E-state index in [4.69, 9.17) is 10.5 Å². The fourth-order valence-electron chi connectivity index (χ4n) is 2.67. The van der Waals surface area contributed by atoms with Crippen LogP contribution < -0.4 is 5.73 Å². The Labute approximate surface area is 96.7 Å². The largest absolute Gasteiger partial charge is 0.381 e. The molecule has 2 rings (SSSR count). The molecule has 2 heterocycles. The van der Waals surface area contributed by atoms with E-state index in [1.165, 1.54) is 17.9 Å². The zero-order chi connectivity index (χ0) is 10.7. The smallest absolute Gasteiger partial charge is 0.0484 e.